The first-order chi connectivity index (χ1) is 5.06. The van der Waals surface area contributed by atoms with Gasteiger partial charge in [-0.1, -0.05) is 0 Å². The smallest absolute Gasteiger partial charge is 0.148 e. The summed E-state index contributed by atoms with van der Waals surface area (Å²) in [7, 11) is -2.78. The molecule has 0 aliphatic heterocycles. The highest BCUT2D eigenvalue weighted by molar-refractivity contribution is 8.00. The van der Waals surface area contributed by atoms with E-state index in [1.54, 1.807) is 11.8 Å². The Labute approximate surface area is 72.7 Å². The molecule has 0 saturated heterocycles. The van der Waals surface area contributed by atoms with Crippen molar-refractivity contribution < 1.29 is 8.42 Å². The van der Waals surface area contributed by atoms with Gasteiger partial charge in [0.25, 0.3) is 0 Å². The van der Waals surface area contributed by atoms with Gasteiger partial charge in [0.05, 0.1) is 5.75 Å². The number of terminal acetylenes is 1. The van der Waals surface area contributed by atoms with Gasteiger partial charge >= 0.3 is 0 Å². The van der Waals surface area contributed by atoms with Crippen molar-refractivity contribution in [1.82, 2.24) is 0 Å². The standard InChI is InChI=1S/C7H12O2S2/c1-3-4-5-10-6-7-11(2,8)9/h1H,4-7H2,2H3. The van der Waals surface area contributed by atoms with Gasteiger partial charge in [-0.05, 0) is 0 Å². The van der Waals surface area contributed by atoms with Gasteiger partial charge in [0.15, 0.2) is 0 Å². The molecule has 0 amide bonds. The van der Waals surface area contributed by atoms with Gasteiger partial charge in [-0.2, -0.15) is 11.8 Å². The summed E-state index contributed by atoms with van der Waals surface area (Å²) in [6.45, 7) is 0. The predicted octanol–water partition coefficient (Wildman–Crippen LogP) is 0.788. The fraction of sp³-hybridized carbons (Fsp3) is 0.714. The molecule has 2 nitrogen and oxygen atoms in total. The van der Waals surface area contributed by atoms with Crippen molar-refractivity contribution >= 4 is 21.6 Å². The lowest BCUT2D eigenvalue weighted by molar-refractivity contribution is 0.603. The lowest BCUT2D eigenvalue weighted by atomic mass is 10.5. The van der Waals surface area contributed by atoms with E-state index in [2.05, 4.69) is 5.92 Å². The highest BCUT2D eigenvalue weighted by Gasteiger charge is 2.00. The minimum absolute atomic E-state index is 0.252. The van der Waals surface area contributed by atoms with Gasteiger partial charge in [0.1, 0.15) is 9.84 Å². The maximum atomic E-state index is 10.6. The molecule has 0 aromatic heterocycles. The molecule has 64 valence electrons. The first-order valence-corrected chi connectivity index (χ1v) is 6.47. The molecule has 0 unspecified atom stereocenters. The maximum absolute atomic E-state index is 10.6. The van der Waals surface area contributed by atoms with Crippen LogP contribution in [0, 0.1) is 12.3 Å². The summed E-state index contributed by atoms with van der Waals surface area (Å²) < 4.78 is 21.2. The van der Waals surface area contributed by atoms with Crippen molar-refractivity contribution in [3.05, 3.63) is 0 Å². The Bertz CT molecular complexity index is 223. The van der Waals surface area contributed by atoms with Gasteiger partial charge in [0.2, 0.25) is 0 Å². The Morgan fingerprint density at radius 1 is 1.45 bits per heavy atom. The quantitative estimate of drug-likeness (QED) is 0.477. The molecular formula is C7H12O2S2. The summed E-state index contributed by atoms with van der Waals surface area (Å²) in [4.78, 5) is 0. The molecule has 0 fully saturated rings. The van der Waals surface area contributed by atoms with E-state index in [1.807, 2.05) is 0 Å². The molecule has 0 atom stereocenters. The third kappa shape index (κ3) is 9.86. The zero-order chi connectivity index (χ0) is 8.74. The SMILES string of the molecule is C#CCCSCCS(C)(=O)=O. The molecule has 11 heavy (non-hydrogen) atoms. The summed E-state index contributed by atoms with van der Waals surface area (Å²) in [6.07, 6.45) is 6.98. The Hall–Kier alpha value is -0.140. The molecule has 0 aromatic carbocycles. The molecular weight excluding hydrogens is 180 g/mol. The minimum atomic E-state index is -2.78. The average Bonchev–Trinajstić information content (AvgIpc) is 1.85. The zero-order valence-electron chi connectivity index (χ0n) is 6.54. The second kappa shape index (κ2) is 5.50. The largest absolute Gasteiger partial charge is 0.229 e. The summed E-state index contributed by atoms with van der Waals surface area (Å²) in [5.41, 5.74) is 0. The maximum Gasteiger partial charge on any atom is 0.148 e. The normalized spacial score (nSPS) is 10.9. The van der Waals surface area contributed by atoms with Gasteiger partial charge < -0.3 is 0 Å². The van der Waals surface area contributed by atoms with E-state index in [0.29, 0.717) is 12.2 Å². The van der Waals surface area contributed by atoms with Crippen molar-refractivity contribution in [2.24, 2.45) is 0 Å². The van der Waals surface area contributed by atoms with Crippen molar-refractivity contribution in [2.75, 3.05) is 23.5 Å². The molecule has 0 aromatic rings. The molecule has 0 heterocycles. The van der Waals surface area contributed by atoms with Crippen LogP contribution in [-0.2, 0) is 9.84 Å². The van der Waals surface area contributed by atoms with E-state index >= 15 is 0 Å². The third-order valence-electron chi connectivity index (χ3n) is 0.989. The monoisotopic (exact) mass is 192 g/mol. The van der Waals surface area contributed by atoms with Gasteiger partial charge in [-0.3, -0.25) is 0 Å². The van der Waals surface area contributed by atoms with Crippen molar-refractivity contribution in [1.29, 1.82) is 0 Å². The number of hydrogen-bond acceptors (Lipinski definition) is 3. The van der Waals surface area contributed by atoms with Gasteiger partial charge in [0, 0.05) is 24.2 Å². The fourth-order valence-corrected chi connectivity index (χ4v) is 2.59. The van der Waals surface area contributed by atoms with Crippen LogP contribution in [-0.4, -0.2) is 31.9 Å². The summed E-state index contributed by atoms with van der Waals surface area (Å²) in [5, 5.41) is 0. The highest BCUT2D eigenvalue weighted by atomic mass is 32.2. The van der Waals surface area contributed by atoms with E-state index < -0.39 is 9.84 Å². The van der Waals surface area contributed by atoms with Gasteiger partial charge in [-0.25, -0.2) is 8.42 Å². The summed E-state index contributed by atoms with van der Waals surface area (Å²) in [5.74, 6) is 4.25. The first kappa shape index (κ1) is 10.9. The number of hydrogen-bond donors (Lipinski definition) is 0. The molecule has 0 aliphatic carbocycles. The van der Waals surface area contributed by atoms with Crippen LogP contribution in [0.5, 0.6) is 0 Å². The van der Waals surface area contributed by atoms with E-state index in [4.69, 9.17) is 6.42 Å². The molecule has 0 N–H and O–H groups in total. The van der Waals surface area contributed by atoms with Crippen molar-refractivity contribution in [3.63, 3.8) is 0 Å². The van der Waals surface area contributed by atoms with Crippen LogP contribution >= 0.6 is 11.8 Å². The van der Waals surface area contributed by atoms with Crippen LogP contribution in [0.3, 0.4) is 0 Å². The molecule has 0 rings (SSSR count). The van der Waals surface area contributed by atoms with E-state index in [1.165, 1.54) is 6.26 Å². The van der Waals surface area contributed by atoms with E-state index in [0.717, 1.165) is 5.75 Å². The van der Waals surface area contributed by atoms with Crippen LogP contribution in [0.1, 0.15) is 6.42 Å². The molecule has 4 heteroatoms. The Morgan fingerprint density at radius 3 is 2.55 bits per heavy atom. The van der Waals surface area contributed by atoms with Crippen LogP contribution in [0.25, 0.3) is 0 Å². The number of rotatable bonds is 5. The highest BCUT2D eigenvalue weighted by Crippen LogP contribution is 2.02. The average molecular weight is 192 g/mol. The molecule has 0 radical (unpaired) electrons. The lowest BCUT2D eigenvalue weighted by Crippen LogP contribution is -2.05. The summed E-state index contributed by atoms with van der Waals surface area (Å²) in [6, 6.07) is 0. The zero-order valence-corrected chi connectivity index (χ0v) is 8.17. The topological polar surface area (TPSA) is 34.1 Å². The summed E-state index contributed by atoms with van der Waals surface area (Å²) >= 11 is 1.58. The lowest BCUT2D eigenvalue weighted by Gasteiger charge is -1.96. The molecule has 0 aliphatic rings. The Balaban J connectivity index is 3.24. The second-order valence-electron chi connectivity index (χ2n) is 2.20. The Morgan fingerprint density at radius 2 is 2.09 bits per heavy atom. The minimum Gasteiger partial charge on any atom is -0.229 e. The predicted molar refractivity (Wildman–Crippen MR) is 50.5 cm³/mol. The fourth-order valence-electron chi connectivity index (χ4n) is 0.443. The van der Waals surface area contributed by atoms with Gasteiger partial charge in [-0.15, -0.1) is 12.3 Å². The van der Waals surface area contributed by atoms with Crippen molar-refractivity contribution in [2.45, 2.75) is 6.42 Å². The molecule has 0 saturated carbocycles. The molecule has 0 bridgehead atoms. The van der Waals surface area contributed by atoms with E-state index in [9.17, 15) is 8.42 Å². The second-order valence-corrected chi connectivity index (χ2v) is 5.68. The van der Waals surface area contributed by atoms with Crippen LogP contribution in [0.15, 0.2) is 0 Å². The van der Waals surface area contributed by atoms with Crippen LogP contribution in [0.4, 0.5) is 0 Å². The van der Waals surface area contributed by atoms with Crippen molar-refractivity contribution in [3.8, 4) is 12.3 Å². The third-order valence-corrected chi connectivity index (χ3v) is 3.18. The number of sulfone groups is 1. The van der Waals surface area contributed by atoms with Crippen LogP contribution in [0.2, 0.25) is 0 Å². The van der Waals surface area contributed by atoms with E-state index in [-0.39, 0.29) is 5.75 Å². The number of thioether (sulfide) groups is 1. The molecule has 0 spiro atoms. The van der Waals surface area contributed by atoms with Crippen LogP contribution < -0.4 is 0 Å². The first-order valence-electron chi connectivity index (χ1n) is 3.25. The Kier molecular flexibility index (Phi) is 5.43.